The Morgan fingerprint density at radius 2 is 1.95 bits per heavy atom. The standard InChI is InChI=1S/C28H26N2O6S/c1-15(2)12-13-35-18-9-7-8-17(14-18)22-21-23(31)19-10-5-6-11-20(19)36-24(21)26(32)30(22)28-29-16(3)25(37-28)27(33)34-4/h5-11,14-15,22H,12-13H2,1-4H3. The van der Waals surface area contributed by atoms with Crippen LogP contribution in [0.3, 0.4) is 0 Å². The third kappa shape index (κ3) is 4.40. The van der Waals surface area contributed by atoms with E-state index in [0.29, 0.717) is 40.5 Å². The van der Waals surface area contributed by atoms with E-state index in [4.69, 9.17) is 13.9 Å². The monoisotopic (exact) mass is 518 g/mol. The second kappa shape index (κ2) is 9.82. The predicted molar refractivity (Wildman–Crippen MR) is 141 cm³/mol. The molecule has 0 fully saturated rings. The first-order valence-corrected chi connectivity index (χ1v) is 12.8. The number of amides is 1. The molecule has 0 spiro atoms. The molecule has 0 bridgehead atoms. The quantitative estimate of drug-likeness (QED) is 0.297. The molecule has 1 aliphatic rings. The number of benzene rings is 2. The second-order valence-electron chi connectivity index (χ2n) is 9.25. The number of nitrogens with zero attached hydrogens (tertiary/aromatic N) is 2. The Morgan fingerprint density at radius 3 is 2.70 bits per heavy atom. The average molecular weight is 519 g/mol. The van der Waals surface area contributed by atoms with E-state index in [0.717, 1.165) is 17.8 Å². The summed E-state index contributed by atoms with van der Waals surface area (Å²) in [6.45, 7) is 6.48. The largest absolute Gasteiger partial charge is 0.494 e. The number of para-hydroxylation sites is 1. The minimum atomic E-state index is -0.812. The number of hydrogen-bond acceptors (Lipinski definition) is 8. The van der Waals surface area contributed by atoms with Gasteiger partial charge in [0.25, 0.3) is 5.91 Å². The lowest BCUT2D eigenvalue weighted by molar-refractivity contribution is 0.0605. The molecule has 5 rings (SSSR count). The maximum Gasteiger partial charge on any atom is 0.350 e. The molecule has 1 unspecified atom stereocenters. The highest BCUT2D eigenvalue weighted by Crippen LogP contribution is 2.43. The summed E-state index contributed by atoms with van der Waals surface area (Å²) < 4.78 is 16.8. The summed E-state index contributed by atoms with van der Waals surface area (Å²) in [5.74, 6) is 0.0525. The van der Waals surface area contributed by atoms with Gasteiger partial charge in [-0.15, -0.1) is 0 Å². The zero-order valence-electron chi connectivity index (χ0n) is 20.9. The fourth-order valence-corrected chi connectivity index (χ4v) is 5.40. The van der Waals surface area contributed by atoms with Gasteiger partial charge in [-0.1, -0.05) is 49.4 Å². The molecule has 9 heteroatoms. The maximum absolute atomic E-state index is 13.8. The van der Waals surface area contributed by atoms with Crippen molar-refractivity contribution in [2.24, 2.45) is 5.92 Å². The van der Waals surface area contributed by atoms with Gasteiger partial charge in [0.1, 0.15) is 16.2 Å². The number of aryl methyl sites for hydroxylation is 1. The Balaban J connectivity index is 1.68. The lowest BCUT2D eigenvalue weighted by Crippen LogP contribution is -2.29. The first kappa shape index (κ1) is 24.7. The molecule has 3 heterocycles. The molecule has 2 aromatic heterocycles. The lowest BCUT2D eigenvalue weighted by Gasteiger charge is -2.23. The fraction of sp³-hybridized carbons (Fsp3) is 0.286. The van der Waals surface area contributed by atoms with E-state index in [1.807, 2.05) is 24.3 Å². The molecule has 0 saturated heterocycles. The summed E-state index contributed by atoms with van der Waals surface area (Å²) in [5.41, 5.74) is 1.38. The number of thiazole rings is 1. The number of methoxy groups -OCH3 is 1. The van der Waals surface area contributed by atoms with Crippen molar-refractivity contribution in [3.8, 4) is 5.75 Å². The molecule has 8 nitrogen and oxygen atoms in total. The highest BCUT2D eigenvalue weighted by Gasteiger charge is 2.45. The molecule has 0 N–H and O–H groups in total. The Morgan fingerprint density at radius 1 is 1.16 bits per heavy atom. The first-order chi connectivity index (χ1) is 17.8. The van der Waals surface area contributed by atoms with Gasteiger partial charge in [0.05, 0.1) is 36.4 Å². The molecular weight excluding hydrogens is 492 g/mol. The second-order valence-corrected chi connectivity index (χ2v) is 10.2. The van der Waals surface area contributed by atoms with E-state index in [9.17, 15) is 14.4 Å². The van der Waals surface area contributed by atoms with E-state index in [2.05, 4.69) is 18.8 Å². The van der Waals surface area contributed by atoms with Crippen molar-refractivity contribution in [1.29, 1.82) is 0 Å². The van der Waals surface area contributed by atoms with Crippen LogP contribution in [0.15, 0.2) is 57.7 Å². The van der Waals surface area contributed by atoms with Gasteiger partial charge < -0.3 is 13.9 Å². The number of ether oxygens (including phenoxy) is 2. The molecule has 0 aliphatic carbocycles. The highest BCUT2D eigenvalue weighted by molar-refractivity contribution is 7.17. The van der Waals surface area contributed by atoms with Gasteiger partial charge in [-0.25, -0.2) is 9.78 Å². The minimum Gasteiger partial charge on any atom is -0.494 e. The molecule has 190 valence electrons. The van der Waals surface area contributed by atoms with Crippen LogP contribution < -0.4 is 15.1 Å². The first-order valence-electron chi connectivity index (χ1n) is 12.0. The molecule has 0 radical (unpaired) electrons. The molecule has 1 aliphatic heterocycles. The average Bonchev–Trinajstić information content (AvgIpc) is 3.41. The van der Waals surface area contributed by atoms with E-state index in [-0.39, 0.29) is 26.8 Å². The van der Waals surface area contributed by atoms with Crippen LogP contribution in [0.25, 0.3) is 11.0 Å². The topological polar surface area (TPSA) is 98.9 Å². The number of carbonyl (C=O) groups is 2. The van der Waals surface area contributed by atoms with Gasteiger partial charge in [-0.05, 0) is 49.1 Å². The van der Waals surface area contributed by atoms with Crippen LogP contribution in [0, 0.1) is 12.8 Å². The summed E-state index contributed by atoms with van der Waals surface area (Å²) in [6, 6.07) is 13.4. The van der Waals surface area contributed by atoms with E-state index in [1.165, 1.54) is 12.0 Å². The van der Waals surface area contributed by atoms with E-state index in [1.54, 1.807) is 31.2 Å². The SMILES string of the molecule is COC(=O)c1sc(N2C(=O)c3oc4ccccc4c(=O)c3C2c2cccc(OCCC(C)C)c2)nc1C. The predicted octanol–water partition coefficient (Wildman–Crippen LogP) is 5.52. The van der Waals surface area contributed by atoms with Crippen LogP contribution in [0.5, 0.6) is 5.75 Å². The van der Waals surface area contributed by atoms with Crippen molar-refractivity contribution >= 4 is 39.3 Å². The van der Waals surface area contributed by atoms with Gasteiger partial charge >= 0.3 is 5.97 Å². The fourth-order valence-electron chi connectivity index (χ4n) is 4.39. The van der Waals surface area contributed by atoms with Crippen LogP contribution >= 0.6 is 11.3 Å². The van der Waals surface area contributed by atoms with E-state index < -0.39 is 17.9 Å². The molecular formula is C28H26N2O6S. The van der Waals surface area contributed by atoms with Gasteiger partial charge in [0.2, 0.25) is 5.76 Å². The number of rotatable bonds is 7. The van der Waals surface area contributed by atoms with E-state index >= 15 is 0 Å². The van der Waals surface area contributed by atoms with Crippen molar-refractivity contribution in [2.45, 2.75) is 33.2 Å². The minimum absolute atomic E-state index is 0.0349. The normalized spacial score (nSPS) is 14.9. The van der Waals surface area contributed by atoms with Gasteiger partial charge in [0.15, 0.2) is 10.6 Å². The summed E-state index contributed by atoms with van der Waals surface area (Å²) in [5, 5.41) is 0.657. The third-order valence-electron chi connectivity index (χ3n) is 6.28. The van der Waals surface area contributed by atoms with Crippen LogP contribution in [-0.4, -0.2) is 30.6 Å². The molecule has 1 atom stereocenters. The Bertz CT molecular complexity index is 1570. The number of hydrogen-bond donors (Lipinski definition) is 0. The Kier molecular flexibility index (Phi) is 6.55. The summed E-state index contributed by atoms with van der Waals surface area (Å²) in [4.78, 5) is 46.0. The zero-order chi connectivity index (χ0) is 26.3. The Hall–Kier alpha value is -3.98. The summed E-state index contributed by atoms with van der Waals surface area (Å²) in [6.07, 6.45) is 0.894. The van der Waals surface area contributed by atoms with Crippen LogP contribution in [0.4, 0.5) is 5.13 Å². The highest BCUT2D eigenvalue weighted by atomic mass is 32.1. The lowest BCUT2D eigenvalue weighted by atomic mass is 9.98. The maximum atomic E-state index is 13.8. The van der Waals surface area contributed by atoms with Crippen molar-refractivity contribution in [2.75, 3.05) is 18.6 Å². The Labute approximate surface area is 217 Å². The molecule has 0 saturated carbocycles. The number of fused-ring (bicyclic) bond motifs is 2. The third-order valence-corrected chi connectivity index (χ3v) is 7.41. The zero-order valence-corrected chi connectivity index (χ0v) is 21.8. The molecule has 1 amide bonds. The number of anilines is 1. The number of carbonyl (C=O) groups excluding carboxylic acids is 2. The number of esters is 1. The smallest absolute Gasteiger partial charge is 0.350 e. The number of aromatic nitrogens is 1. The van der Waals surface area contributed by atoms with Crippen molar-refractivity contribution in [3.63, 3.8) is 0 Å². The van der Waals surface area contributed by atoms with Gasteiger partial charge in [-0.2, -0.15) is 0 Å². The van der Waals surface area contributed by atoms with Gasteiger partial charge in [0, 0.05) is 0 Å². The summed E-state index contributed by atoms with van der Waals surface area (Å²) >= 11 is 1.04. The van der Waals surface area contributed by atoms with Crippen molar-refractivity contribution < 1.29 is 23.5 Å². The van der Waals surface area contributed by atoms with Crippen LogP contribution in [0.2, 0.25) is 0 Å². The molecule has 37 heavy (non-hydrogen) atoms. The van der Waals surface area contributed by atoms with Crippen molar-refractivity contribution in [3.05, 3.63) is 86.2 Å². The molecule has 2 aromatic carbocycles. The van der Waals surface area contributed by atoms with Gasteiger partial charge in [-0.3, -0.25) is 14.5 Å². The van der Waals surface area contributed by atoms with Crippen LogP contribution in [0.1, 0.15) is 63.4 Å². The van der Waals surface area contributed by atoms with Crippen molar-refractivity contribution in [1.82, 2.24) is 4.98 Å². The summed E-state index contributed by atoms with van der Waals surface area (Å²) in [7, 11) is 1.29. The molecule has 4 aromatic rings. The van der Waals surface area contributed by atoms with Crippen LogP contribution in [-0.2, 0) is 4.74 Å².